The Labute approximate surface area is 92.2 Å². The topological polar surface area (TPSA) is 91.0 Å². The second-order valence-electron chi connectivity index (χ2n) is 3.83. The van der Waals surface area contributed by atoms with E-state index in [1.165, 1.54) is 6.33 Å². The van der Waals surface area contributed by atoms with Crippen LogP contribution in [0, 0.1) is 5.92 Å². The molecule has 1 aliphatic heterocycles. The fourth-order valence-electron chi connectivity index (χ4n) is 1.70. The summed E-state index contributed by atoms with van der Waals surface area (Å²) in [6.07, 6.45) is 1.67. The van der Waals surface area contributed by atoms with Crippen LogP contribution in [0.3, 0.4) is 0 Å². The average Bonchev–Trinajstić information content (AvgIpc) is 2.88. The van der Waals surface area contributed by atoms with Gasteiger partial charge in [-0.3, -0.25) is 14.7 Å². The van der Waals surface area contributed by atoms with E-state index in [1.807, 2.05) is 0 Å². The maximum atomic E-state index is 11.9. The predicted molar refractivity (Wildman–Crippen MR) is 54.0 cm³/mol. The van der Waals surface area contributed by atoms with E-state index in [4.69, 9.17) is 0 Å². The third-order valence-electron chi connectivity index (χ3n) is 2.55. The van der Waals surface area contributed by atoms with Crippen molar-refractivity contribution in [1.82, 2.24) is 25.4 Å². The highest BCUT2D eigenvalue weighted by Crippen LogP contribution is 2.12. The van der Waals surface area contributed by atoms with E-state index in [0.717, 1.165) is 0 Å². The molecule has 86 valence electrons. The summed E-state index contributed by atoms with van der Waals surface area (Å²) < 4.78 is 0. The zero-order valence-electron chi connectivity index (χ0n) is 8.93. The Kier molecular flexibility index (Phi) is 2.84. The van der Waals surface area contributed by atoms with Crippen LogP contribution in [0.15, 0.2) is 6.33 Å². The minimum atomic E-state index is -0.250. The van der Waals surface area contributed by atoms with E-state index < -0.39 is 0 Å². The summed E-state index contributed by atoms with van der Waals surface area (Å²) in [5.74, 6) is 0.273. The molecule has 1 aromatic rings. The molecular formula is C9H13N5O2. The molecule has 0 aliphatic carbocycles. The Hall–Kier alpha value is -1.92. The van der Waals surface area contributed by atoms with Gasteiger partial charge in [0.1, 0.15) is 12.2 Å². The fraction of sp³-hybridized carbons (Fsp3) is 0.556. The van der Waals surface area contributed by atoms with Gasteiger partial charge < -0.3 is 10.2 Å². The lowest BCUT2D eigenvalue weighted by Gasteiger charge is -2.18. The van der Waals surface area contributed by atoms with Crippen LogP contribution in [0.25, 0.3) is 0 Å². The Bertz CT molecular complexity index is 389. The third kappa shape index (κ3) is 2.18. The van der Waals surface area contributed by atoms with Crippen molar-refractivity contribution in [3.05, 3.63) is 12.2 Å². The van der Waals surface area contributed by atoms with E-state index in [9.17, 15) is 9.59 Å². The van der Waals surface area contributed by atoms with Crippen LogP contribution in [0.2, 0.25) is 0 Å². The van der Waals surface area contributed by atoms with Gasteiger partial charge in [0.05, 0.1) is 12.5 Å². The molecule has 0 aromatic carbocycles. The largest absolute Gasteiger partial charge is 0.355 e. The summed E-state index contributed by atoms with van der Waals surface area (Å²) >= 11 is 0. The first kappa shape index (κ1) is 10.6. The molecule has 0 radical (unpaired) electrons. The van der Waals surface area contributed by atoms with Crippen molar-refractivity contribution in [1.29, 1.82) is 0 Å². The van der Waals surface area contributed by atoms with Crippen molar-refractivity contribution in [3.8, 4) is 0 Å². The van der Waals surface area contributed by atoms with E-state index in [0.29, 0.717) is 18.9 Å². The fourth-order valence-corrected chi connectivity index (χ4v) is 1.70. The quantitative estimate of drug-likeness (QED) is 0.680. The number of nitrogens with zero attached hydrogens (tertiary/aromatic N) is 3. The molecule has 7 heteroatoms. The highest BCUT2D eigenvalue weighted by atomic mass is 16.2. The normalized spacial score (nSPS) is 19.6. The number of carbonyl (C=O) groups is 2. The molecule has 1 aromatic heterocycles. The molecule has 16 heavy (non-hydrogen) atoms. The predicted octanol–water partition coefficient (Wildman–Crippen LogP) is -1.10. The molecular weight excluding hydrogens is 210 g/mol. The lowest BCUT2D eigenvalue weighted by molar-refractivity contribution is -0.135. The number of aromatic nitrogens is 3. The SMILES string of the molecule is CN(Cc1ncn[nH]1)C(=O)C1CNC(=O)C1. The van der Waals surface area contributed by atoms with Gasteiger partial charge in [0, 0.05) is 20.0 Å². The second-order valence-corrected chi connectivity index (χ2v) is 3.83. The Balaban J connectivity index is 1.92. The average molecular weight is 223 g/mol. The summed E-state index contributed by atoms with van der Waals surface area (Å²) in [5.41, 5.74) is 0. The number of H-pyrrole nitrogens is 1. The van der Waals surface area contributed by atoms with Gasteiger partial charge in [0.15, 0.2) is 0 Å². The van der Waals surface area contributed by atoms with Crippen LogP contribution in [-0.4, -0.2) is 45.5 Å². The molecule has 1 saturated heterocycles. The monoisotopic (exact) mass is 223 g/mol. The standard InChI is InChI=1S/C9H13N5O2/c1-14(4-7-11-5-12-13-7)9(16)6-2-8(15)10-3-6/h5-6H,2-4H2,1H3,(H,10,15)(H,11,12,13). The second kappa shape index (κ2) is 4.30. The van der Waals surface area contributed by atoms with Gasteiger partial charge in [-0.25, -0.2) is 4.98 Å². The summed E-state index contributed by atoms with van der Waals surface area (Å²) in [6, 6.07) is 0. The van der Waals surface area contributed by atoms with Gasteiger partial charge in [-0.15, -0.1) is 0 Å². The Morgan fingerprint density at radius 3 is 3.06 bits per heavy atom. The molecule has 1 aliphatic rings. The summed E-state index contributed by atoms with van der Waals surface area (Å²) in [6.45, 7) is 0.807. The number of rotatable bonds is 3. The van der Waals surface area contributed by atoms with Crippen molar-refractivity contribution >= 4 is 11.8 Å². The Morgan fingerprint density at radius 1 is 1.69 bits per heavy atom. The van der Waals surface area contributed by atoms with Gasteiger partial charge in [0.25, 0.3) is 0 Å². The van der Waals surface area contributed by atoms with Crippen LogP contribution in [-0.2, 0) is 16.1 Å². The van der Waals surface area contributed by atoms with E-state index in [-0.39, 0.29) is 24.2 Å². The summed E-state index contributed by atoms with van der Waals surface area (Å²) in [7, 11) is 1.69. The lowest BCUT2D eigenvalue weighted by atomic mass is 10.1. The number of amides is 2. The van der Waals surface area contributed by atoms with Gasteiger partial charge >= 0.3 is 0 Å². The highest BCUT2D eigenvalue weighted by molar-refractivity contribution is 5.89. The van der Waals surface area contributed by atoms with Crippen molar-refractivity contribution in [3.63, 3.8) is 0 Å². The Morgan fingerprint density at radius 2 is 2.50 bits per heavy atom. The lowest BCUT2D eigenvalue weighted by Crippen LogP contribution is -2.33. The molecule has 7 nitrogen and oxygen atoms in total. The van der Waals surface area contributed by atoms with Crippen molar-refractivity contribution in [2.24, 2.45) is 5.92 Å². The molecule has 1 atom stereocenters. The van der Waals surface area contributed by atoms with Gasteiger partial charge in [0.2, 0.25) is 11.8 Å². The van der Waals surface area contributed by atoms with Crippen molar-refractivity contribution in [2.75, 3.05) is 13.6 Å². The van der Waals surface area contributed by atoms with Crippen LogP contribution >= 0.6 is 0 Å². The highest BCUT2D eigenvalue weighted by Gasteiger charge is 2.30. The minimum Gasteiger partial charge on any atom is -0.355 e. The molecule has 0 spiro atoms. The number of nitrogens with one attached hydrogen (secondary N) is 2. The number of hydrogen-bond acceptors (Lipinski definition) is 4. The molecule has 2 rings (SSSR count). The van der Waals surface area contributed by atoms with E-state index in [1.54, 1.807) is 11.9 Å². The smallest absolute Gasteiger partial charge is 0.228 e. The van der Waals surface area contributed by atoms with Crippen molar-refractivity contribution in [2.45, 2.75) is 13.0 Å². The maximum absolute atomic E-state index is 11.9. The number of aromatic amines is 1. The minimum absolute atomic E-state index is 0.0465. The molecule has 0 bridgehead atoms. The summed E-state index contributed by atoms with van der Waals surface area (Å²) in [5, 5.41) is 9.03. The van der Waals surface area contributed by atoms with Crippen molar-refractivity contribution < 1.29 is 9.59 Å². The van der Waals surface area contributed by atoms with E-state index >= 15 is 0 Å². The van der Waals surface area contributed by atoms with Crippen LogP contribution < -0.4 is 5.32 Å². The zero-order valence-corrected chi connectivity index (χ0v) is 8.93. The third-order valence-corrected chi connectivity index (χ3v) is 2.55. The molecule has 1 fully saturated rings. The molecule has 2 N–H and O–H groups in total. The van der Waals surface area contributed by atoms with Crippen LogP contribution in [0.5, 0.6) is 0 Å². The first-order valence-electron chi connectivity index (χ1n) is 5.02. The maximum Gasteiger partial charge on any atom is 0.228 e. The van der Waals surface area contributed by atoms with Gasteiger partial charge in [-0.2, -0.15) is 5.10 Å². The number of carbonyl (C=O) groups excluding carboxylic acids is 2. The van der Waals surface area contributed by atoms with Gasteiger partial charge in [-0.05, 0) is 0 Å². The molecule has 1 unspecified atom stereocenters. The van der Waals surface area contributed by atoms with Crippen LogP contribution in [0.1, 0.15) is 12.2 Å². The van der Waals surface area contributed by atoms with Gasteiger partial charge in [-0.1, -0.05) is 0 Å². The van der Waals surface area contributed by atoms with Crippen LogP contribution in [0.4, 0.5) is 0 Å². The first-order chi connectivity index (χ1) is 7.66. The molecule has 0 saturated carbocycles. The zero-order chi connectivity index (χ0) is 11.5. The molecule has 2 amide bonds. The van der Waals surface area contributed by atoms with E-state index in [2.05, 4.69) is 20.5 Å². The number of hydrogen-bond donors (Lipinski definition) is 2. The first-order valence-corrected chi connectivity index (χ1v) is 5.02. The summed E-state index contributed by atoms with van der Waals surface area (Å²) in [4.78, 5) is 28.4. The molecule has 2 heterocycles.